The van der Waals surface area contributed by atoms with Gasteiger partial charge in [0, 0.05) is 23.8 Å². The number of aromatic nitrogens is 1. The van der Waals surface area contributed by atoms with Gasteiger partial charge in [-0.3, -0.25) is 4.98 Å². The summed E-state index contributed by atoms with van der Waals surface area (Å²) in [4.78, 5) is 4.31. The van der Waals surface area contributed by atoms with E-state index in [9.17, 15) is 0 Å². The predicted octanol–water partition coefficient (Wildman–Crippen LogP) is 2.00. The summed E-state index contributed by atoms with van der Waals surface area (Å²) in [5.74, 6) is 0. The lowest BCUT2D eigenvalue weighted by Gasteiger charge is -2.05. The van der Waals surface area contributed by atoms with Crippen molar-refractivity contribution in [1.29, 1.82) is 0 Å². The van der Waals surface area contributed by atoms with Crippen molar-refractivity contribution in [2.24, 2.45) is 5.73 Å². The Bertz CT molecular complexity index is 440. The van der Waals surface area contributed by atoms with E-state index in [1.165, 1.54) is 5.39 Å². The lowest BCUT2D eigenvalue weighted by Crippen LogP contribution is -2.08. The second kappa shape index (κ2) is 4.75. The number of fused-ring (bicyclic) bond motifs is 1. The van der Waals surface area contributed by atoms with Crippen molar-refractivity contribution < 1.29 is 0 Å². The van der Waals surface area contributed by atoms with E-state index in [-0.39, 0.29) is 0 Å². The lowest BCUT2D eigenvalue weighted by atomic mass is 10.2. The largest absolute Gasteiger partial charge is 0.385 e. The maximum Gasteiger partial charge on any atom is 0.0722 e. The summed E-state index contributed by atoms with van der Waals surface area (Å²) in [5, 5.41) is 4.49. The first kappa shape index (κ1) is 9.93. The van der Waals surface area contributed by atoms with Gasteiger partial charge in [-0.1, -0.05) is 12.1 Å². The van der Waals surface area contributed by atoms with Crippen LogP contribution in [0.4, 0.5) is 5.69 Å². The first-order valence-corrected chi connectivity index (χ1v) is 5.19. The number of nitrogens with zero attached hydrogens (tertiary/aromatic N) is 1. The van der Waals surface area contributed by atoms with Gasteiger partial charge < -0.3 is 11.1 Å². The Morgan fingerprint density at radius 1 is 1.27 bits per heavy atom. The Kier molecular flexibility index (Phi) is 3.15. The van der Waals surface area contributed by atoms with Crippen LogP contribution < -0.4 is 11.1 Å². The molecule has 0 saturated carbocycles. The molecular formula is C12H15N3. The van der Waals surface area contributed by atoms with Crippen LogP contribution >= 0.6 is 0 Å². The molecule has 78 valence electrons. The fraction of sp³-hybridized carbons (Fsp3) is 0.250. The molecule has 1 aromatic heterocycles. The number of benzene rings is 1. The topological polar surface area (TPSA) is 50.9 Å². The lowest BCUT2D eigenvalue weighted by molar-refractivity contribution is 0.874. The summed E-state index contributed by atoms with van der Waals surface area (Å²) in [6.07, 6.45) is 2.80. The summed E-state index contributed by atoms with van der Waals surface area (Å²) in [5.41, 5.74) is 7.56. The predicted molar refractivity (Wildman–Crippen MR) is 63.9 cm³/mol. The van der Waals surface area contributed by atoms with Crippen molar-refractivity contribution in [2.75, 3.05) is 18.4 Å². The van der Waals surface area contributed by atoms with Gasteiger partial charge in [-0.25, -0.2) is 0 Å². The van der Waals surface area contributed by atoms with Gasteiger partial charge in [0.1, 0.15) is 0 Å². The quantitative estimate of drug-likeness (QED) is 0.744. The summed E-state index contributed by atoms with van der Waals surface area (Å²) in [6, 6.07) is 10.2. The summed E-state index contributed by atoms with van der Waals surface area (Å²) >= 11 is 0. The molecule has 0 bridgehead atoms. The summed E-state index contributed by atoms with van der Waals surface area (Å²) < 4.78 is 0. The number of rotatable bonds is 4. The third kappa shape index (κ3) is 2.44. The van der Waals surface area contributed by atoms with Crippen LogP contribution in [0.1, 0.15) is 6.42 Å². The molecule has 0 atom stereocenters. The molecule has 0 aliphatic heterocycles. The fourth-order valence-electron chi connectivity index (χ4n) is 1.51. The molecule has 3 nitrogen and oxygen atoms in total. The van der Waals surface area contributed by atoms with Crippen LogP contribution in [0, 0.1) is 0 Å². The SMILES string of the molecule is NCCCNc1ccc2cccnc2c1. The Labute approximate surface area is 89.3 Å². The van der Waals surface area contributed by atoms with Crippen LogP contribution in [0.3, 0.4) is 0 Å². The molecular weight excluding hydrogens is 186 g/mol. The van der Waals surface area contributed by atoms with Crippen molar-refractivity contribution in [3.63, 3.8) is 0 Å². The molecule has 15 heavy (non-hydrogen) atoms. The highest BCUT2D eigenvalue weighted by Crippen LogP contribution is 2.16. The van der Waals surface area contributed by atoms with Gasteiger partial charge in [0.15, 0.2) is 0 Å². The molecule has 0 aliphatic rings. The minimum atomic E-state index is 0.721. The molecule has 2 aromatic rings. The number of nitrogens with two attached hydrogens (primary N) is 1. The van der Waals surface area contributed by atoms with Gasteiger partial charge in [0.05, 0.1) is 5.52 Å². The third-order valence-corrected chi connectivity index (χ3v) is 2.32. The molecule has 0 radical (unpaired) electrons. The number of hydrogen-bond donors (Lipinski definition) is 2. The highest BCUT2D eigenvalue weighted by atomic mass is 14.9. The van der Waals surface area contributed by atoms with Crippen LogP contribution in [0.2, 0.25) is 0 Å². The minimum Gasteiger partial charge on any atom is -0.385 e. The van der Waals surface area contributed by atoms with Gasteiger partial charge in [0.2, 0.25) is 0 Å². The first-order chi connectivity index (χ1) is 7.40. The Hall–Kier alpha value is -1.61. The van der Waals surface area contributed by atoms with Gasteiger partial charge in [0.25, 0.3) is 0 Å². The number of anilines is 1. The summed E-state index contributed by atoms with van der Waals surface area (Å²) in [6.45, 7) is 1.63. The van der Waals surface area contributed by atoms with E-state index in [1.807, 2.05) is 12.3 Å². The standard InChI is InChI=1S/C12H15N3/c13-6-2-8-14-11-5-4-10-3-1-7-15-12(10)9-11/h1,3-5,7,9,14H,2,6,8,13H2. The third-order valence-electron chi connectivity index (χ3n) is 2.32. The van der Waals surface area contributed by atoms with E-state index >= 15 is 0 Å². The van der Waals surface area contributed by atoms with Crippen molar-refractivity contribution in [3.8, 4) is 0 Å². The van der Waals surface area contributed by atoms with Crippen LogP contribution in [0.15, 0.2) is 36.5 Å². The molecule has 1 aromatic carbocycles. The second-order valence-electron chi connectivity index (χ2n) is 3.48. The maximum absolute atomic E-state index is 5.43. The van der Waals surface area contributed by atoms with Crippen molar-refractivity contribution in [3.05, 3.63) is 36.5 Å². The number of nitrogens with one attached hydrogen (secondary N) is 1. The van der Waals surface area contributed by atoms with E-state index in [0.29, 0.717) is 0 Å². The Morgan fingerprint density at radius 2 is 2.20 bits per heavy atom. The fourth-order valence-corrected chi connectivity index (χ4v) is 1.51. The van der Waals surface area contributed by atoms with E-state index < -0.39 is 0 Å². The Balaban J connectivity index is 2.16. The van der Waals surface area contributed by atoms with Gasteiger partial charge in [-0.15, -0.1) is 0 Å². The average molecular weight is 201 g/mol. The summed E-state index contributed by atoms with van der Waals surface area (Å²) in [7, 11) is 0. The van der Waals surface area contributed by atoms with Crippen LogP contribution in [-0.2, 0) is 0 Å². The molecule has 0 spiro atoms. The zero-order valence-electron chi connectivity index (χ0n) is 8.61. The molecule has 2 rings (SSSR count). The van der Waals surface area contributed by atoms with E-state index in [2.05, 4.69) is 34.6 Å². The number of pyridine rings is 1. The highest BCUT2D eigenvalue weighted by molar-refractivity contribution is 5.81. The minimum absolute atomic E-state index is 0.721. The molecule has 0 saturated heterocycles. The first-order valence-electron chi connectivity index (χ1n) is 5.19. The molecule has 3 N–H and O–H groups in total. The molecule has 0 aliphatic carbocycles. The molecule has 0 fully saturated rings. The normalized spacial score (nSPS) is 10.5. The van der Waals surface area contributed by atoms with Crippen molar-refractivity contribution >= 4 is 16.6 Å². The van der Waals surface area contributed by atoms with Crippen LogP contribution in [0.5, 0.6) is 0 Å². The van der Waals surface area contributed by atoms with Gasteiger partial charge in [-0.05, 0) is 31.2 Å². The molecule has 3 heteroatoms. The second-order valence-corrected chi connectivity index (χ2v) is 3.48. The van der Waals surface area contributed by atoms with Gasteiger partial charge >= 0.3 is 0 Å². The molecule has 1 heterocycles. The smallest absolute Gasteiger partial charge is 0.0722 e. The van der Waals surface area contributed by atoms with E-state index in [1.54, 1.807) is 0 Å². The Morgan fingerprint density at radius 3 is 3.07 bits per heavy atom. The van der Waals surface area contributed by atoms with Gasteiger partial charge in [-0.2, -0.15) is 0 Å². The van der Waals surface area contributed by atoms with Crippen LogP contribution in [0.25, 0.3) is 10.9 Å². The zero-order chi connectivity index (χ0) is 10.5. The van der Waals surface area contributed by atoms with Crippen LogP contribution in [-0.4, -0.2) is 18.1 Å². The van der Waals surface area contributed by atoms with E-state index in [0.717, 1.165) is 30.7 Å². The number of hydrogen-bond acceptors (Lipinski definition) is 3. The maximum atomic E-state index is 5.43. The molecule has 0 unspecified atom stereocenters. The van der Waals surface area contributed by atoms with Crippen molar-refractivity contribution in [1.82, 2.24) is 4.98 Å². The molecule has 0 amide bonds. The average Bonchev–Trinajstić information content (AvgIpc) is 2.29. The van der Waals surface area contributed by atoms with Crippen molar-refractivity contribution in [2.45, 2.75) is 6.42 Å². The highest BCUT2D eigenvalue weighted by Gasteiger charge is 1.95. The monoisotopic (exact) mass is 201 g/mol. The van der Waals surface area contributed by atoms with E-state index in [4.69, 9.17) is 5.73 Å². The zero-order valence-corrected chi connectivity index (χ0v) is 8.61.